The minimum Gasteiger partial charge on any atom is -0.454 e. The van der Waals surface area contributed by atoms with Crippen LogP contribution >= 0.6 is 0 Å². The maximum absolute atomic E-state index is 12.1. The van der Waals surface area contributed by atoms with Gasteiger partial charge in [-0.25, -0.2) is 0 Å². The van der Waals surface area contributed by atoms with Gasteiger partial charge < -0.3 is 14.8 Å². The van der Waals surface area contributed by atoms with Crippen molar-refractivity contribution < 1.29 is 14.3 Å². The maximum Gasteiger partial charge on any atom is 0.259 e. The number of aryl methyl sites for hydroxylation is 1. The topological polar surface area (TPSA) is 65.4 Å². The van der Waals surface area contributed by atoms with Gasteiger partial charge >= 0.3 is 0 Å². The zero-order valence-corrected chi connectivity index (χ0v) is 10.6. The Bertz CT molecular complexity index is 649. The van der Waals surface area contributed by atoms with Crippen LogP contribution in [0.4, 0.5) is 5.69 Å². The monoisotopic (exact) mass is 259 g/mol. The zero-order valence-electron chi connectivity index (χ0n) is 10.6. The van der Waals surface area contributed by atoms with Crippen LogP contribution in [0.15, 0.2) is 24.4 Å². The predicted octanol–water partition coefficient (Wildman–Crippen LogP) is 1.71. The molecule has 0 fully saturated rings. The van der Waals surface area contributed by atoms with Crippen LogP contribution in [0.1, 0.15) is 16.1 Å². The zero-order chi connectivity index (χ0) is 13.4. The number of aromatic nitrogens is 2. The summed E-state index contributed by atoms with van der Waals surface area (Å²) in [7, 11) is 1.80. The van der Waals surface area contributed by atoms with E-state index in [9.17, 15) is 4.79 Å². The van der Waals surface area contributed by atoms with Crippen molar-refractivity contribution in [2.24, 2.45) is 7.05 Å². The van der Waals surface area contributed by atoms with Gasteiger partial charge in [-0.1, -0.05) is 0 Å². The first-order chi connectivity index (χ1) is 9.15. The number of ether oxygens (including phenoxy) is 2. The third-order valence-electron chi connectivity index (χ3n) is 3.11. The lowest BCUT2D eigenvalue weighted by atomic mass is 10.2. The largest absolute Gasteiger partial charge is 0.454 e. The molecule has 2 heterocycles. The summed E-state index contributed by atoms with van der Waals surface area (Å²) in [4.78, 5) is 12.1. The highest BCUT2D eigenvalue weighted by Crippen LogP contribution is 2.34. The van der Waals surface area contributed by atoms with Crippen molar-refractivity contribution in [1.82, 2.24) is 9.78 Å². The van der Waals surface area contributed by atoms with Crippen LogP contribution < -0.4 is 14.8 Å². The van der Waals surface area contributed by atoms with Crippen molar-refractivity contribution in [3.8, 4) is 11.5 Å². The SMILES string of the molecule is Cc1c(C(=O)Nc2ccc3c(c2)OCO3)cnn1C. The summed E-state index contributed by atoms with van der Waals surface area (Å²) >= 11 is 0. The van der Waals surface area contributed by atoms with Crippen LogP contribution in [0.2, 0.25) is 0 Å². The molecule has 0 bridgehead atoms. The van der Waals surface area contributed by atoms with Gasteiger partial charge in [-0.3, -0.25) is 9.48 Å². The summed E-state index contributed by atoms with van der Waals surface area (Å²) in [6, 6.07) is 5.29. The average molecular weight is 259 g/mol. The Balaban J connectivity index is 1.82. The lowest BCUT2D eigenvalue weighted by molar-refractivity contribution is 0.102. The van der Waals surface area contributed by atoms with Gasteiger partial charge in [-0.15, -0.1) is 0 Å². The molecule has 19 heavy (non-hydrogen) atoms. The molecule has 1 aromatic heterocycles. The fraction of sp³-hybridized carbons (Fsp3) is 0.231. The minimum absolute atomic E-state index is 0.190. The number of rotatable bonds is 2. The van der Waals surface area contributed by atoms with E-state index in [2.05, 4.69) is 10.4 Å². The Morgan fingerprint density at radius 1 is 1.37 bits per heavy atom. The molecule has 0 radical (unpaired) electrons. The Kier molecular flexibility index (Phi) is 2.63. The number of benzene rings is 1. The highest BCUT2D eigenvalue weighted by Gasteiger charge is 2.16. The lowest BCUT2D eigenvalue weighted by Crippen LogP contribution is -2.12. The number of hydrogen-bond donors (Lipinski definition) is 1. The number of anilines is 1. The normalized spacial score (nSPS) is 12.5. The predicted molar refractivity (Wildman–Crippen MR) is 68.5 cm³/mol. The van der Waals surface area contributed by atoms with E-state index in [-0.39, 0.29) is 12.7 Å². The molecule has 98 valence electrons. The van der Waals surface area contributed by atoms with E-state index in [0.29, 0.717) is 22.7 Å². The molecule has 0 aliphatic carbocycles. The lowest BCUT2D eigenvalue weighted by Gasteiger charge is -2.05. The van der Waals surface area contributed by atoms with Crippen molar-refractivity contribution in [2.45, 2.75) is 6.92 Å². The van der Waals surface area contributed by atoms with Gasteiger partial charge in [0.1, 0.15) is 0 Å². The van der Waals surface area contributed by atoms with E-state index >= 15 is 0 Å². The molecular weight excluding hydrogens is 246 g/mol. The molecule has 0 unspecified atom stereocenters. The average Bonchev–Trinajstić information content (AvgIpc) is 2.97. The van der Waals surface area contributed by atoms with E-state index in [1.54, 1.807) is 36.1 Å². The molecule has 0 saturated heterocycles. The van der Waals surface area contributed by atoms with Crippen molar-refractivity contribution in [1.29, 1.82) is 0 Å². The Morgan fingerprint density at radius 2 is 2.16 bits per heavy atom. The molecule has 3 rings (SSSR count). The molecule has 1 aliphatic heterocycles. The van der Waals surface area contributed by atoms with E-state index in [0.717, 1.165) is 5.69 Å². The summed E-state index contributed by atoms with van der Waals surface area (Å²) in [5, 5.41) is 6.86. The van der Waals surface area contributed by atoms with E-state index in [1.165, 1.54) is 0 Å². The Morgan fingerprint density at radius 3 is 2.89 bits per heavy atom. The van der Waals surface area contributed by atoms with E-state index in [4.69, 9.17) is 9.47 Å². The molecule has 0 spiro atoms. The van der Waals surface area contributed by atoms with Gasteiger partial charge in [0.05, 0.1) is 11.8 Å². The summed E-state index contributed by atoms with van der Waals surface area (Å²) in [6.45, 7) is 2.07. The molecule has 1 aromatic carbocycles. The summed E-state index contributed by atoms with van der Waals surface area (Å²) in [6.07, 6.45) is 1.55. The fourth-order valence-electron chi connectivity index (χ4n) is 1.89. The maximum atomic E-state index is 12.1. The van der Waals surface area contributed by atoms with Gasteiger partial charge in [0.15, 0.2) is 11.5 Å². The number of nitrogens with zero attached hydrogens (tertiary/aromatic N) is 2. The van der Waals surface area contributed by atoms with Gasteiger partial charge in [0.25, 0.3) is 5.91 Å². The Hall–Kier alpha value is -2.50. The summed E-state index contributed by atoms with van der Waals surface area (Å²) in [5.74, 6) is 1.14. The first-order valence-electron chi connectivity index (χ1n) is 5.85. The van der Waals surface area contributed by atoms with Crippen molar-refractivity contribution in [3.63, 3.8) is 0 Å². The molecule has 6 heteroatoms. The van der Waals surface area contributed by atoms with Crippen LogP contribution in [-0.4, -0.2) is 22.5 Å². The van der Waals surface area contributed by atoms with Gasteiger partial charge in [0.2, 0.25) is 6.79 Å². The van der Waals surface area contributed by atoms with Crippen LogP contribution in [0, 0.1) is 6.92 Å². The van der Waals surface area contributed by atoms with Crippen molar-refractivity contribution in [2.75, 3.05) is 12.1 Å². The first-order valence-corrected chi connectivity index (χ1v) is 5.85. The molecule has 1 N–H and O–H groups in total. The second-order valence-electron chi connectivity index (χ2n) is 4.29. The highest BCUT2D eigenvalue weighted by atomic mass is 16.7. The number of amides is 1. The van der Waals surface area contributed by atoms with E-state index in [1.807, 2.05) is 6.92 Å². The molecule has 0 atom stereocenters. The molecular formula is C13H13N3O3. The fourth-order valence-corrected chi connectivity index (χ4v) is 1.89. The molecule has 2 aromatic rings. The van der Waals surface area contributed by atoms with Crippen LogP contribution in [0.3, 0.4) is 0 Å². The smallest absolute Gasteiger partial charge is 0.259 e. The summed E-state index contributed by atoms with van der Waals surface area (Å²) < 4.78 is 12.1. The minimum atomic E-state index is -0.190. The molecule has 6 nitrogen and oxygen atoms in total. The van der Waals surface area contributed by atoms with Gasteiger partial charge in [-0.05, 0) is 19.1 Å². The Labute approximate surface area is 109 Å². The third-order valence-corrected chi connectivity index (χ3v) is 3.11. The number of carbonyl (C=O) groups excluding carboxylic acids is 1. The van der Waals surface area contributed by atoms with Crippen LogP contribution in [0.5, 0.6) is 11.5 Å². The number of fused-ring (bicyclic) bond motifs is 1. The van der Waals surface area contributed by atoms with Gasteiger partial charge in [-0.2, -0.15) is 5.10 Å². The quantitative estimate of drug-likeness (QED) is 0.891. The highest BCUT2D eigenvalue weighted by molar-refractivity contribution is 6.05. The molecule has 1 amide bonds. The van der Waals surface area contributed by atoms with Crippen molar-refractivity contribution >= 4 is 11.6 Å². The standard InChI is InChI=1S/C13H13N3O3/c1-8-10(6-14-16(8)2)13(17)15-9-3-4-11-12(5-9)19-7-18-11/h3-6H,7H2,1-2H3,(H,15,17). The molecule has 1 aliphatic rings. The second kappa shape index (κ2) is 4.31. The number of hydrogen-bond acceptors (Lipinski definition) is 4. The second-order valence-corrected chi connectivity index (χ2v) is 4.29. The van der Waals surface area contributed by atoms with Crippen LogP contribution in [-0.2, 0) is 7.05 Å². The van der Waals surface area contributed by atoms with Crippen LogP contribution in [0.25, 0.3) is 0 Å². The third kappa shape index (κ3) is 2.01. The molecule has 0 saturated carbocycles. The summed E-state index contributed by atoms with van der Waals surface area (Å²) in [5.41, 5.74) is 2.04. The first kappa shape index (κ1) is 11.6. The van der Waals surface area contributed by atoms with Crippen molar-refractivity contribution in [3.05, 3.63) is 35.7 Å². The number of nitrogens with one attached hydrogen (secondary N) is 1. The van der Waals surface area contributed by atoms with Gasteiger partial charge in [0, 0.05) is 24.5 Å². The number of carbonyl (C=O) groups is 1. The van der Waals surface area contributed by atoms with E-state index < -0.39 is 0 Å².